The highest BCUT2D eigenvalue weighted by atomic mass is 79.9. The van der Waals surface area contributed by atoms with Crippen molar-refractivity contribution in [2.45, 2.75) is 6.54 Å². The molecule has 0 aliphatic rings. The Morgan fingerprint density at radius 1 is 1.08 bits per heavy atom. The SMILES string of the molecule is COc1ccn2c(-c3cc(NCc4ccc(Br)cc4)ncn3)cnc2c1. The van der Waals surface area contributed by atoms with E-state index in [9.17, 15) is 0 Å². The molecule has 3 heterocycles. The molecule has 1 aromatic carbocycles. The number of benzene rings is 1. The highest BCUT2D eigenvalue weighted by Crippen LogP contribution is 2.23. The van der Waals surface area contributed by atoms with Gasteiger partial charge in [-0.05, 0) is 23.8 Å². The lowest BCUT2D eigenvalue weighted by Gasteiger charge is -2.08. The molecular formula is C19H16BrN5O. The zero-order chi connectivity index (χ0) is 17.9. The van der Waals surface area contributed by atoms with E-state index >= 15 is 0 Å². The van der Waals surface area contributed by atoms with Crippen molar-refractivity contribution in [3.05, 3.63) is 71.2 Å². The molecule has 0 fully saturated rings. The number of halogens is 1. The Balaban J connectivity index is 1.58. The molecule has 1 N–H and O–H groups in total. The third-order valence-electron chi connectivity index (χ3n) is 4.04. The summed E-state index contributed by atoms with van der Waals surface area (Å²) in [6, 6.07) is 13.9. The number of ether oxygens (including phenoxy) is 1. The molecule has 7 heteroatoms. The Hall–Kier alpha value is -2.93. The van der Waals surface area contributed by atoms with Crippen molar-refractivity contribution in [1.29, 1.82) is 0 Å². The first-order chi connectivity index (χ1) is 12.7. The maximum Gasteiger partial charge on any atom is 0.140 e. The molecule has 0 saturated heterocycles. The van der Waals surface area contributed by atoms with E-state index in [1.807, 2.05) is 40.9 Å². The zero-order valence-electron chi connectivity index (χ0n) is 14.1. The first-order valence-corrected chi connectivity index (χ1v) is 8.84. The fourth-order valence-electron chi connectivity index (χ4n) is 2.67. The standard InChI is InChI=1S/C19H16BrN5O/c1-26-15-6-7-25-17(11-22-19(25)8-15)16-9-18(24-12-23-16)21-10-13-2-4-14(20)5-3-13/h2-9,11-12H,10H2,1H3,(H,21,23,24). The molecule has 26 heavy (non-hydrogen) atoms. The second-order valence-electron chi connectivity index (χ2n) is 5.71. The van der Waals surface area contributed by atoms with Crippen molar-refractivity contribution in [1.82, 2.24) is 19.4 Å². The highest BCUT2D eigenvalue weighted by molar-refractivity contribution is 9.10. The van der Waals surface area contributed by atoms with Gasteiger partial charge in [-0.15, -0.1) is 0 Å². The number of nitrogens with zero attached hydrogens (tertiary/aromatic N) is 4. The van der Waals surface area contributed by atoms with Gasteiger partial charge in [-0.2, -0.15) is 0 Å². The van der Waals surface area contributed by atoms with E-state index in [2.05, 4.69) is 48.3 Å². The molecule has 6 nitrogen and oxygen atoms in total. The monoisotopic (exact) mass is 409 g/mol. The summed E-state index contributed by atoms with van der Waals surface area (Å²) in [7, 11) is 1.64. The molecule has 0 radical (unpaired) electrons. The van der Waals surface area contributed by atoms with Crippen LogP contribution in [0.1, 0.15) is 5.56 Å². The van der Waals surface area contributed by atoms with Gasteiger partial charge in [0.15, 0.2) is 0 Å². The van der Waals surface area contributed by atoms with Crippen LogP contribution < -0.4 is 10.1 Å². The van der Waals surface area contributed by atoms with Gasteiger partial charge >= 0.3 is 0 Å². The number of anilines is 1. The maximum absolute atomic E-state index is 5.25. The molecule has 0 aliphatic heterocycles. The molecule has 4 aromatic rings. The number of imidazole rings is 1. The molecule has 0 bridgehead atoms. The van der Waals surface area contributed by atoms with Crippen LogP contribution >= 0.6 is 15.9 Å². The number of hydrogen-bond acceptors (Lipinski definition) is 5. The summed E-state index contributed by atoms with van der Waals surface area (Å²) in [4.78, 5) is 13.1. The van der Waals surface area contributed by atoms with Crippen LogP contribution in [0.15, 0.2) is 65.7 Å². The Labute approximate surface area is 159 Å². The third-order valence-corrected chi connectivity index (χ3v) is 4.57. The quantitative estimate of drug-likeness (QED) is 0.535. The molecular weight excluding hydrogens is 394 g/mol. The number of nitrogens with one attached hydrogen (secondary N) is 1. The molecule has 130 valence electrons. The number of rotatable bonds is 5. The lowest BCUT2D eigenvalue weighted by Crippen LogP contribution is -2.02. The summed E-state index contributed by atoms with van der Waals surface area (Å²) in [5.74, 6) is 1.54. The molecule has 0 spiro atoms. The largest absolute Gasteiger partial charge is 0.497 e. The number of fused-ring (bicyclic) bond motifs is 1. The van der Waals surface area contributed by atoms with Gasteiger partial charge in [-0.3, -0.25) is 4.40 Å². The van der Waals surface area contributed by atoms with Crippen molar-refractivity contribution < 1.29 is 4.74 Å². The minimum absolute atomic E-state index is 0.689. The van der Waals surface area contributed by atoms with Gasteiger partial charge in [-0.1, -0.05) is 28.1 Å². The van der Waals surface area contributed by atoms with Crippen LogP contribution in [-0.2, 0) is 6.54 Å². The Bertz CT molecular complexity index is 1050. The van der Waals surface area contributed by atoms with E-state index in [1.54, 1.807) is 19.6 Å². The van der Waals surface area contributed by atoms with Gasteiger partial charge < -0.3 is 10.1 Å². The van der Waals surface area contributed by atoms with Gasteiger partial charge in [0.25, 0.3) is 0 Å². The summed E-state index contributed by atoms with van der Waals surface area (Å²) >= 11 is 3.44. The summed E-state index contributed by atoms with van der Waals surface area (Å²) in [6.07, 6.45) is 5.28. The highest BCUT2D eigenvalue weighted by Gasteiger charge is 2.09. The van der Waals surface area contributed by atoms with Crippen LogP contribution in [0.25, 0.3) is 17.0 Å². The Morgan fingerprint density at radius 3 is 2.73 bits per heavy atom. The fraction of sp³-hybridized carbons (Fsp3) is 0.105. The van der Waals surface area contributed by atoms with Crippen LogP contribution in [0.5, 0.6) is 5.75 Å². The van der Waals surface area contributed by atoms with Crippen molar-refractivity contribution >= 4 is 27.4 Å². The number of aromatic nitrogens is 4. The average Bonchev–Trinajstić information content (AvgIpc) is 3.11. The average molecular weight is 410 g/mol. The fourth-order valence-corrected chi connectivity index (χ4v) is 2.93. The summed E-state index contributed by atoms with van der Waals surface area (Å²) in [5.41, 5.74) is 3.69. The summed E-state index contributed by atoms with van der Waals surface area (Å²) < 4.78 is 8.29. The zero-order valence-corrected chi connectivity index (χ0v) is 15.6. The van der Waals surface area contributed by atoms with E-state index in [1.165, 1.54) is 5.56 Å². The minimum atomic E-state index is 0.689. The number of pyridine rings is 1. The maximum atomic E-state index is 5.25. The molecule has 0 saturated carbocycles. The van der Waals surface area contributed by atoms with E-state index in [0.717, 1.165) is 33.1 Å². The predicted molar refractivity (Wildman–Crippen MR) is 104 cm³/mol. The molecule has 4 rings (SSSR count). The van der Waals surface area contributed by atoms with Crippen LogP contribution in [0.4, 0.5) is 5.82 Å². The van der Waals surface area contributed by atoms with E-state index in [4.69, 9.17) is 4.74 Å². The predicted octanol–water partition coefficient (Wildman–Crippen LogP) is 4.17. The second-order valence-corrected chi connectivity index (χ2v) is 6.62. The molecule has 0 atom stereocenters. The molecule has 0 unspecified atom stereocenters. The number of methoxy groups -OCH3 is 1. The second kappa shape index (κ2) is 7.13. The molecule has 3 aromatic heterocycles. The van der Waals surface area contributed by atoms with Gasteiger partial charge in [0, 0.05) is 29.3 Å². The van der Waals surface area contributed by atoms with E-state index < -0.39 is 0 Å². The lowest BCUT2D eigenvalue weighted by atomic mass is 10.2. The van der Waals surface area contributed by atoms with Gasteiger partial charge in [0.1, 0.15) is 23.5 Å². The van der Waals surface area contributed by atoms with Crippen LogP contribution in [0, 0.1) is 0 Å². The van der Waals surface area contributed by atoms with Crippen LogP contribution in [-0.4, -0.2) is 26.5 Å². The minimum Gasteiger partial charge on any atom is -0.497 e. The van der Waals surface area contributed by atoms with Crippen molar-refractivity contribution in [2.75, 3.05) is 12.4 Å². The normalized spacial score (nSPS) is 10.8. The van der Waals surface area contributed by atoms with E-state index in [-0.39, 0.29) is 0 Å². The molecule has 0 aliphatic carbocycles. The molecule has 0 amide bonds. The Morgan fingerprint density at radius 2 is 1.92 bits per heavy atom. The third kappa shape index (κ3) is 3.39. The lowest BCUT2D eigenvalue weighted by molar-refractivity contribution is 0.414. The smallest absolute Gasteiger partial charge is 0.140 e. The Kier molecular flexibility index (Phi) is 4.53. The summed E-state index contributed by atoms with van der Waals surface area (Å²) in [5, 5.41) is 3.33. The topological polar surface area (TPSA) is 64.3 Å². The van der Waals surface area contributed by atoms with Crippen molar-refractivity contribution in [3.8, 4) is 17.1 Å². The van der Waals surface area contributed by atoms with Crippen molar-refractivity contribution in [3.63, 3.8) is 0 Å². The van der Waals surface area contributed by atoms with Crippen molar-refractivity contribution in [2.24, 2.45) is 0 Å². The first kappa shape index (κ1) is 16.5. The number of hydrogen-bond donors (Lipinski definition) is 1. The first-order valence-electron chi connectivity index (χ1n) is 8.05. The van der Waals surface area contributed by atoms with Crippen LogP contribution in [0.3, 0.4) is 0 Å². The van der Waals surface area contributed by atoms with Gasteiger partial charge in [0.2, 0.25) is 0 Å². The van der Waals surface area contributed by atoms with E-state index in [0.29, 0.717) is 6.54 Å². The summed E-state index contributed by atoms with van der Waals surface area (Å²) in [6.45, 7) is 0.689. The van der Waals surface area contributed by atoms with Gasteiger partial charge in [0.05, 0.1) is 24.7 Å². The van der Waals surface area contributed by atoms with Gasteiger partial charge in [-0.25, -0.2) is 15.0 Å². The van der Waals surface area contributed by atoms with Crippen LogP contribution in [0.2, 0.25) is 0 Å².